The molecule has 156 valence electrons. The van der Waals surface area contributed by atoms with Crippen LogP contribution in [0.5, 0.6) is 0 Å². The Labute approximate surface area is 173 Å². The van der Waals surface area contributed by atoms with Gasteiger partial charge in [0.15, 0.2) is 0 Å². The minimum atomic E-state index is -0.513. The Morgan fingerprint density at radius 3 is 2.30 bits per heavy atom. The molecule has 2 saturated heterocycles. The first-order valence-corrected chi connectivity index (χ1v) is 10.1. The molecule has 1 unspecified atom stereocenters. The number of amides is 2. The summed E-state index contributed by atoms with van der Waals surface area (Å²) in [5.41, 5.74) is 2.04. The van der Waals surface area contributed by atoms with Crippen LogP contribution in [0.3, 0.4) is 0 Å². The summed E-state index contributed by atoms with van der Waals surface area (Å²) in [5.74, 6) is -0.944. The van der Waals surface area contributed by atoms with Crippen molar-refractivity contribution in [3.8, 4) is 0 Å². The standard InChI is InChI=1S/C22H22FN3O4/c23-18-13-15(5-6-19(18)24-7-10-29-11-8-24)25-9-12-30-20(25)14-26-21(27)16-3-1-2-4-17(16)22(26)28/h1-6,13,20H,7-12,14H2. The van der Waals surface area contributed by atoms with Gasteiger partial charge in [0.05, 0.1) is 43.2 Å². The molecule has 0 bridgehead atoms. The van der Waals surface area contributed by atoms with E-state index in [9.17, 15) is 14.0 Å². The van der Waals surface area contributed by atoms with Crippen LogP contribution < -0.4 is 9.80 Å². The highest BCUT2D eigenvalue weighted by Crippen LogP contribution is 2.30. The van der Waals surface area contributed by atoms with E-state index < -0.39 is 6.23 Å². The number of halogens is 1. The van der Waals surface area contributed by atoms with E-state index in [0.717, 1.165) is 0 Å². The first kappa shape index (κ1) is 19.0. The smallest absolute Gasteiger partial charge is 0.261 e. The molecule has 5 rings (SSSR count). The lowest BCUT2D eigenvalue weighted by molar-refractivity contribution is 0.0480. The van der Waals surface area contributed by atoms with Crippen molar-refractivity contribution in [3.05, 3.63) is 59.4 Å². The molecule has 0 spiro atoms. The molecule has 0 aliphatic carbocycles. The van der Waals surface area contributed by atoms with Gasteiger partial charge in [-0.05, 0) is 30.3 Å². The molecule has 1 atom stereocenters. The van der Waals surface area contributed by atoms with Crippen molar-refractivity contribution in [2.75, 3.05) is 55.8 Å². The molecule has 0 N–H and O–H groups in total. The highest BCUT2D eigenvalue weighted by molar-refractivity contribution is 6.21. The van der Waals surface area contributed by atoms with Gasteiger partial charge in [0.2, 0.25) is 0 Å². The molecule has 30 heavy (non-hydrogen) atoms. The van der Waals surface area contributed by atoms with Crippen LogP contribution in [-0.2, 0) is 9.47 Å². The van der Waals surface area contributed by atoms with E-state index in [2.05, 4.69) is 0 Å². The Balaban J connectivity index is 1.34. The lowest BCUT2D eigenvalue weighted by Gasteiger charge is -2.31. The molecule has 3 aliphatic heterocycles. The third-order valence-corrected chi connectivity index (χ3v) is 5.82. The molecule has 0 aromatic heterocycles. The fourth-order valence-corrected chi connectivity index (χ4v) is 4.26. The molecule has 2 fully saturated rings. The second-order valence-corrected chi connectivity index (χ2v) is 7.52. The summed E-state index contributed by atoms with van der Waals surface area (Å²) >= 11 is 0. The second-order valence-electron chi connectivity index (χ2n) is 7.52. The number of nitrogens with zero attached hydrogens (tertiary/aromatic N) is 3. The highest BCUT2D eigenvalue weighted by atomic mass is 19.1. The first-order valence-electron chi connectivity index (χ1n) is 10.1. The number of carbonyl (C=O) groups is 2. The second kappa shape index (κ2) is 7.70. The van der Waals surface area contributed by atoms with Crippen molar-refractivity contribution < 1.29 is 23.5 Å². The van der Waals surface area contributed by atoms with Crippen molar-refractivity contribution in [2.45, 2.75) is 6.23 Å². The zero-order valence-electron chi connectivity index (χ0n) is 16.4. The van der Waals surface area contributed by atoms with E-state index in [1.54, 1.807) is 30.3 Å². The Morgan fingerprint density at radius 2 is 1.63 bits per heavy atom. The summed E-state index contributed by atoms with van der Waals surface area (Å²) in [6, 6.07) is 11.9. The molecule has 0 saturated carbocycles. The largest absolute Gasteiger partial charge is 0.378 e. The van der Waals surface area contributed by atoms with Crippen LogP contribution in [0.25, 0.3) is 0 Å². The normalized spacial score (nSPS) is 21.5. The van der Waals surface area contributed by atoms with E-state index in [-0.39, 0.29) is 24.2 Å². The number of benzene rings is 2. The third kappa shape index (κ3) is 3.22. The number of anilines is 2. The maximum absolute atomic E-state index is 14.9. The number of imide groups is 1. The number of fused-ring (bicyclic) bond motifs is 1. The number of rotatable bonds is 4. The fraction of sp³-hybridized carbons (Fsp3) is 0.364. The molecule has 3 aliphatic rings. The van der Waals surface area contributed by atoms with Crippen LogP contribution >= 0.6 is 0 Å². The van der Waals surface area contributed by atoms with Crippen molar-refractivity contribution >= 4 is 23.2 Å². The van der Waals surface area contributed by atoms with Crippen LogP contribution in [0.15, 0.2) is 42.5 Å². The van der Waals surface area contributed by atoms with Crippen molar-refractivity contribution in [1.29, 1.82) is 0 Å². The summed E-state index contributed by atoms with van der Waals surface area (Å²) in [4.78, 5) is 30.4. The van der Waals surface area contributed by atoms with E-state index in [1.807, 2.05) is 15.9 Å². The zero-order chi connectivity index (χ0) is 20.7. The first-order chi connectivity index (χ1) is 14.6. The molecule has 2 amide bonds. The maximum Gasteiger partial charge on any atom is 0.261 e. The molecular weight excluding hydrogens is 389 g/mol. The predicted octanol–water partition coefficient (Wildman–Crippen LogP) is 2.12. The van der Waals surface area contributed by atoms with Gasteiger partial charge in [0.1, 0.15) is 12.0 Å². The Morgan fingerprint density at radius 1 is 0.933 bits per heavy atom. The SMILES string of the molecule is O=C1c2ccccc2C(=O)N1CC1OCCN1c1ccc(N2CCOCC2)c(F)c1. The number of carbonyl (C=O) groups excluding carboxylic acids is 2. The molecule has 0 radical (unpaired) electrons. The average Bonchev–Trinajstić information content (AvgIpc) is 3.33. The van der Waals surface area contributed by atoms with Crippen LogP contribution in [0.2, 0.25) is 0 Å². The van der Waals surface area contributed by atoms with E-state index in [0.29, 0.717) is 62.0 Å². The molecule has 7 nitrogen and oxygen atoms in total. The van der Waals surface area contributed by atoms with Gasteiger partial charge in [-0.1, -0.05) is 12.1 Å². The van der Waals surface area contributed by atoms with Crippen LogP contribution in [-0.4, -0.2) is 68.9 Å². The number of hydrogen-bond acceptors (Lipinski definition) is 6. The topological polar surface area (TPSA) is 62.3 Å². The van der Waals surface area contributed by atoms with Gasteiger partial charge in [-0.25, -0.2) is 4.39 Å². The highest BCUT2D eigenvalue weighted by Gasteiger charge is 2.39. The summed E-state index contributed by atoms with van der Waals surface area (Å²) in [6.45, 7) is 3.59. The predicted molar refractivity (Wildman–Crippen MR) is 108 cm³/mol. The van der Waals surface area contributed by atoms with Crippen molar-refractivity contribution in [3.63, 3.8) is 0 Å². The summed E-state index contributed by atoms with van der Waals surface area (Å²) in [5, 5.41) is 0. The van der Waals surface area contributed by atoms with E-state index >= 15 is 0 Å². The molecule has 3 heterocycles. The maximum atomic E-state index is 14.9. The monoisotopic (exact) mass is 411 g/mol. The van der Waals surface area contributed by atoms with Gasteiger partial charge in [-0.15, -0.1) is 0 Å². The van der Waals surface area contributed by atoms with Gasteiger partial charge in [-0.3, -0.25) is 14.5 Å². The molecule has 2 aromatic carbocycles. The van der Waals surface area contributed by atoms with Gasteiger partial charge in [0, 0.05) is 25.3 Å². The molecule has 2 aromatic rings. The summed E-state index contributed by atoms with van der Waals surface area (Å²) < 4.78 is 26.0. The molecule has 8 heteroatoms. The minimum absolute atomic E-state index is 0.0964. The number of morpholine rings is 1. The zero-order valence-corrected chi connectivity index (χ0v) is 16.4. The average molecular weight is 411 g/mol. The van der Waals surface area contributed by atoms with E-state index in [1.165, 1.54) is 11.0 Å². The number of ether oxygens (including phenoxy) is 2. The minimum Gasteiger partial charge on any atom is -0.378 e. The van der Waals surface area contributed by atoms with Crippen molar-refractivity contribution in [2.24, 2.45) is 0 Å². The molecular formula is C22H22FN3O4. The Bertz CT molecular complexity index is 957. The third-order valence-electron chi connectivity index (χ3n) is 5.82. The van der Waals surface area contributed by atoms with Gasteiger partial charge < -0.3 is 19.3 Å². The van der Waals surface area contributed by atoms with Crippen LogP contribution in [0, 0.1) is 5.82 Å². The van der Waals surface area contributed by atoms with Gasteiger partial charge in [-0.2, -0.15) is 0 Å². The van der Waals surface area contributed by atoms with Crippen molar-refractivity contribution in [1.82, 2.24) is 4.90 Å². The Kier molecular flexibility index (Phi) is 4.88. The number of hydrogen-bond donors (Lipinski definition) is 0. The summed E-state index contributed by atoms with van der Waals surface area (Å²) in [6.07, 6.45) is -0.513. The quantitative estimate of drug-likeness (QED) is 0.719. The van der Waals surface area contributed by atoms with Crippen LogP contribution in [0.4, 0.5) is 15.8 Å². The van der Waals surface area contributed by atoms with Gasteiger partial charge >= 0.3 is 0 Å². The lowest BCUT2D eigenvalue weighted by atomic mass is 10.1. The lowest BCUT2D eigenvalue weighted by Crippen LogP contribution is -2.43. The van der Waals surface area contributed by atoms with Gasteiger partial charge in [0.25, 0.3) is 11.8 Å². The fourth-order valence-electron chi connectivity index (χ4n) is 4.26. The Hall–Kier alpha value is -2.97. The van der Waals surface area contributed by atoms with Crippen LogP contribution in [0.1, 0.15) is 20.7 Å². The summed E-state index contributed by atoms with van der Waals surface area (Å²) in [7, 11) is 0. The van der Waals surface area contributed by atoms with E-state index in [4.69, 9.17) is 9.47 Å².